The normalized spacial score (nSPS) is 21.5. The summed E-state index contributed by atoms with van der Waals surface area (Å²) in [4.78, 5) is 18.7. The van der Waals surface area contributed by atoms with E-state index in [2.05, 4.69) is 15.6 Å². The number of carbonyl (C=O) groups excluding carboxylic acids is 1. The van der Waals surface area contributed by atoms with E-state index in [1.54, 1.807) is 11.9 Å². The van der Waals surface area contributed by atoms with E-state index in [1.807, 2.05) is 48.5 Å². The van der Waals surface area contributed by atoms with Crippen molar-refractivity contribution in [2.24, 2.45) is 4.99 Å². The van der Waals surface area contributed by atoms with Crippen molar-refractivity contribution in [1.82, 2.24) is 15.5 Å². The summed E-state index contributed by atoms with van der Waals surface area (Å²) in [5, 5.41) is 6.60. The van der Waals surface area contributed by atoms with Gasteiger partial charge >= 0.3 is 6.09 Å². The van der Waals surface area contributed by atoms with Crippen molar-refractivity contribution in [3.05, 3.63) is 0 Å². The summed E-state index contributed by atoms with van der Waals surface area (Å²) in [6, 6.07) is -0.165. The Hall–Kier alpha value is -0.810. The van der Waals surface area contributed by atoms with Crippen LogP contribution in [0.15, 0.2) is 4.99 Å². The topological polar surface area (TPSA) is 84.4 Å². The predicted molar refractivity (Wildman–Crippen MR) is 127 cm³/mol. The molecule has 0 aromatic carbocycles. The van der Waals surface area contributed by atoms with Crippen molar-refractivity contribution in [1.29, 1.82) is 0 Å². The molecule has 0 aromatic heterocycles. The van der Waals surface area contributed by atoms with Crippen molar-refractivity contribution in [2.75, 3.05) is 33.4 Å². The fourth-order valence-corrected chi connectivity index (χ4v) is 3.23. The van der Waals surface area contributed by atoms with Gasteiger partial charge in [0.1, 0.15) is 11.3 Å². The molecule has 1 heterocycles. The fourth-order valence-electron chi connectivity index (χ4n) is 3.23. The highest BCUT2D eigenvalue weighted by molar-refractivity contribution is 14.0. The zero-order chi connectivity index (χ0) is 21.4. The maximum atomic E-state index is 12.8. The average molecular weight is 528 g/mol. The minimum absolute atomic E-state index is 0. The van der Waals surface area contributed by atoms with Crippen molar-refractivity contribution in [3.63, 3.8) is 0 Å². The summed E-state index contributed by atoms with van der Waals surface area (Å²) in [6.45, 7) is 16.2. The Morgan fingerprint density at radius 3 is 2.45 bits per heavy atom. The molecule has 1 aliphatic rings. The molecule has 29 heavy (non-hydrogen) atoms. The van der Waals surface area contributed by atoms with E-state index >= 15 is 0 Å². The highest BCUT2D eigenvalue weighted by Crippen LogP contribution is 2.33. The Kier molecular flexibility index (Phi) is 12.4. The Morgan fingerprint density at radius 2 is 1.90 bits per heavy atom. The summed E-state index contributed by atoms with van der Waals surface area (Å²) in [5.74, 6) is 0.706. The van der Waals surface area contributed by atoms with Crippen LogP contribution in [-0.2, 0) is 14.2 Å². The third-order valence-electron chi connectivity index (χ3n) is 4.43. The van der Waals surface area contributed by atoms with Gasteiger partial charge in [0.05, 0.1) is 12.1 Å². The van der Waals surface area contributed by atoms with Crippen LogP contribution in [0.1, 0.15) is 61.3 Å². The molecule has 9 heteroatoms. The maximum absolute atomic E-state index is 12.8. The number of halogens is 1. The molecule has 0 aliphatic carbocycles. The van der Waals surface area contributed by atoms with E-state index in [0.717, 1.165) is 32.6 Å². The van der Waals surface area contributed by atoms with Crippen LogP contribution >= 0.6 is 24.0 Å². The van der Waals surface area contributed by atoms with E-state index in [-0.39, 0.29) is 42.2 Å². The second-order valence-electron chi connectivity index (χ2n) is 8.47. The summed E-state index contributed by atoms with van der Waals surface area (Å²) >= 11 is 0. The van der Waals surface area contributed by atoms with Crippen LogP contribution in [0, 0.1) is 0 Å². The molecule has 8 nitrogen and oxygen atoms in total. The van der Waals surface area contributed by atoms with Crippen LogP contribution in [0.25, 0.3) is 0 Å². The molecule has 172 valence electrons. The van der Waals surface area contributed by atoms with E-state index in [1.165, 1.54) is 0 Å². The highest BCUT2D eigenvalue weighted by Gasteiger charge is 2.49. The summed E-state index contributed by atoms with van der Waals surface area (Å²) < 4.78 is 17.0. The number of nitrogens with one attached hydrogen (secondary N) is 2. The lowest BCUT2D eigenvalue weighted by Gasteiger charge is -2.35. The smallest absolute Gasteiger partial charge is 0.412 e. The second-order valence-corrected chi connectivity index (χ2v) is 8.47. The number of hydrogen-bond donors (Lipinski definition) is 2. The number of aliphatic imine (C=N–C) groups is 1. The highest BCUT2D eigenvalue weighted by atomic mass is 127. The Balaban J connectivity index is 0.00000784. The zero-order valence-corrected chi connectivity index (χ0v) is 21.7. The molecule has 2 unspecified atom stereocenters. The number of ether oxygens (including phenoxy) is 3. The quantitative estimate of drug-likeness (QED) is 0.218. The number of amides is 1. The molecule has 1 fully saturated rings. The van der Waals surface area contributed by atoms with Crippen LogP contribution < -0.4 is 10.6 Å². The van der Waals surface area contributed by atoms with Crippen LogP contribution in [0.4, 0.5) is 4.79 Å². The van der Waals surface area contributed by atoms with E-state index in [9.17, 15) is 4.79 Å². The fraction of sp³-hybridized carbons (Fsp3) is 0.900. The SMILES string of the molecule is CCOCCCCNC(=NC)NCC1C(C)OC(C)(C)N1C(=O)OC(C)(C)C.I. The zero-order valence-electron chi connectivity index (χ0n) is 19.3. The maximum Gasteiger partial charge on any atom is 0.412 e. The largest absolute Gasteiger partial charge is 0.444 e. The van der Waals surface area contributed by atoms with E-state index in [0.29, 0.717) is 12.5 Å². The van der Waals surface area contributed by atoms with Gasteiger partial charge in [-0.05, 0) is 61.3 Å². The third kappa shape index (κ3) is 9.69. The minimum atomic E-state index is -0.732. The van der Waals surface area contributed by atoms with Crippen molar-refractivity contribution < 1.29 is 19.0 Å². The summed E-state index contributed by atoms with van der Waals surface area (Å²) in [5.41, 5.74) is -1.29. The van der Waals surface area contributed by atoms with Crippen molar-refractivity contribution in [2.45, 2.75) is 84.8 Å². The lowest BCUT2D eigenvalue weighted by Crippen LogP contribution is -2.54. The number of carbonyl (C=O) groups is 1. The molecule has 2 atom stereocenters. The lowest BCUT2D eigenvalue weighted by molar-refractivity contribution is -0.0755. The summed E-state index contributed by atoms with van der Waals surface area (Å²) in [7, 11) is 1.74. The van der Waals surface area contributed by atoms with Gasteiger partial charge in [0, 0.05) is 33.4 Å². The number of hydrogen-bond acceptors (Lipinski definition) is 5. The molecule has 0 saturated carbocycles. The van der Waals surface area contributed by atoms with Gasteiger partial charge in [-0.25, -0.2) is 4.79 Å². The molecular weight excluding hydrogens is 487 g/mol. The van der Waals surface area contributed by atoms with Crippen LogP contribution in [0.3, 0.4) is 0 Å². The minimum Gasteiger partial charge on any atom is -0.444 e. The molecular formula is C20H41IN4O4. The molecule has 2 N–H and O–H groups in total. The first-order valence-corrected chi connectivity index (χ1v) is 10.2. The molecule has 0 aromatic rings. The molecule has 1 saturated heterocycles. The van der Waals surface area contributed by atoms with E-state index < -0.39 is 11.3 Å². The van der Waals surface area contributed by atoms with Crippen molar-refractivity contribution in [3.8, 4) is 0 Å². The molecule has 0 spiro atoms. The average Bonchev–Trinajstić information content (AvgIpc) is 2.80. The molecule has 1 rings (SSSR count). The first-order valence-electron chi connectivity index (χ1n) is 10.2. The van der Waals surface area contributed by atoms with Crippen LogP contribution in [0.2, 0.25) is 0 Å². The predicted octanol–water partition coefficient (Wildman–Crippen LogP) is 3.35. The van der Waals surface area contributed by atoms with Gasteiger partial charge in [0.15, 0.2) is 5.96 Å². The first kappa shape index (κ1) is 28.2. The third-order valence-corrected chi connectivity index (χ3v) is 4.43. The number of guanidine groups is 1. The first-order chi connectivity index (χ1) is 13.0. The van der Waals surface area contributed by atoms with Crippen LogP contribution in [0.5, 0.6) is 0 Å². The van der Waals surface area contributed by atoms with Gasteiger partial charge in [-0.1, -0.05) is 0 Å². The van der Waals surface area contributed by atoms with Gasteiger partial charge in [-0.2, -0.15) is 0 Å². The molecule has 0 bridgehead atoms. The van der Waals surface area contributed by atoms with Gasteiger partial charge in [-0.3, -0.25) is 9.89 Å². The molecule has 1 aliphatic heterocycles. The number of nitrogens with zero attached hydrogens (tertiary/aromatic N) is 2. The molecule has 1 amide bonds. The van der Waals surface area contributed by atoms with Gasteiger partial charge in [0.2, 0.25) is 0 Å². The number of unbranched alkanes of at least 4 members (excludes halogenated alkanes) is 1. The van der Waals surface area contributed by atoms with E-state index in [4.69, 9.17) is 14.2 Å². The monoisotopic (exact) mass is 528 g/mol. The molecule has 0 radical (unpaired) electrons. The van der Waals surface area contributed by atoms with Gasteiger partial charge < -0.3 is 24.8 Å². The van der Waals surface area contributed by atoms with Crippen LogP contribution in [-0.4, -0.2) is 73.8 Å². The Bertz CT molecular complexity index is 523. The van der Waals surface area contributed by atoms with Crippen molar-refractivity contribution >= 4 is 36.0 Å². The number of rotatable bonds is 8. The van der Waals surface area contributed by atoms with Gasteiger partial charge in [0.25, 0.3) is 0 Å². The lowest BCUT2D eigenvalue weighted by atomic mass is 10.1. The van der Waals surface area contributed by atoms with Gasteiger partial charge in [-0.15, -0.1) is 24.0 Å². The second kappa shape index (κ2) is 12.8. The Morgan fingerprint density at radius 1 is 1.24 bits per heavy atom. The Labute approximate surface area is 193 Å². The standard InChI is InChI=1S/C20H40N4O4.HI/c1-9-26-13-11-10-12-22-17(21-8)23-14-16-15(2)27-20(6,7)24(16)18(25)28-19(3,4)5;/h15-16H,9-14H2,1-8H3,(H2,21,22,23);1H. The summed E-state index contributed by atoms with van der Waals surface area (Å²) in [6.07, 6.45) is 1.51.